The molecule has 0 radical (unpaired) electrons. The average Bonchev–Trinajstić information content (AvgIpc) is 4.18. The molecule has 12 nitrogen and oxygen atoms in total. The molecule has 0 spiro atoms. The predicted octanol–water partition coefficient (Wildman–Crippen LogP) is 4.64. The van der Waals surface area contributed by atoms with Gasteiger partial charge in [0.05, 0.1) is 54.6 Å². The van der Waals surface area contributed by atoms with Crippen LogP contribution in [0.2, 0.25) is 0 Å². The van der Waals surface area contributed by atoms with E-state index >= 15 is 0 Å². The van der Waals surface area contributed by atoms with Crippen molar-refractivity contribution in [2.75, 3.05) is 23.9 Å². The van der Waals surface area contributed by atoms with Crippen LogP contribution in [0.3, 0.4) is 0 Å². The fraction of sp³-hybridized carbons (Fsp3) is 0.154. The number of rotatable bonds is 8. The Morgan fingerprint density at radius 2 is 0.972 bits per heavy atom. The lowest BCUT2D eigenvalue weighted by Crippen LogP contribution is -2.32. The van der Waals surface area contributed by atoms with Crippen molar-refractivity contribution in [3.8, 4) is 0 Å². The second-order valence-corrected chi connectivity index (χ2v) is 22.2. The Bertz CT molecular complexity index is 3670. The first kappa shape index (κ1) is 51.7. The summed E-state index contributed by atoms with van der Waals surface area (Å²) in [6.07, 6.45) is 12.7. The summed E-state index contributed by atoms with van der Waals surface area (Å²) in [7, 11) is 7.93. The van der Waals surface area contributed by atoms with Crippen LogP contribution in [-0.4, -0.2) is 35.2 Å². The number of allylic oxidation sites excluding steroid dienone is 2. The molecule has 0 N–H and O–H groups in total. The highest BCUT2D eigenvalue weighted by Crippen LogP contribution is 2.45. The van der Waals surface area contributed by atoms with Gasteiger partial charge in [0.25, 0.3) is 21.1 Å². The van der Waals surface area contributed by atoms with Gasteiger partial charge >= 0.3 is 0 Å². The van der Waals surface area contributed by atoms with E-state index in [9.17, 15) is 38.2 Å². The number of carboxylic acid groups (broad SMARTS) is 2. The zero-order valence-electron chi connectivity index (χ0n) is 39.5. The van der Waals surface area contributed by atoms with Gasteiger partial charge in [-0.1, -0.05) is 70.5 Å². The molecule has 10 rings (SSSR count). The van der Waals surface area contributed by atoms with Gasteiger partial charge in [0.15, 0.2) is 0 Å². The third-order valence-electron chi connectivity index (χ3n) is 11.3. The Morgan fingerprint density at radius 1 is 0.583 bits per heavy atom. The lowest BCUT2D eigenvalue weighted by molar-refractivity contribution is -0.642. The number of nitrogens with zero attached hydrogens (tertiary/aromatic N) is 6. The number of aromatic nitrogens is 4. The smallest absolute Gasteiger partial charge is 0.269 e. The summed E-state index contributed by atoms with van der Waals surface area (Å²) in [5, 5.41) is 23.0. The Labute approximate surface area is 435 Å². The van der Waals surface area contributed by atoms with Crippen LogP contribution in [0, 0.1) is 11.6 Å². The second kappa shape index (κ2) is 22.4. The van der Waals surface area contributed by atoms with Crippen molar-refractivity contribution in [3.63, 3.8) is 0 Å². The van der Waals surface area contributed by atoms with Crippen LogP contribution in [-0.2, 0) is 36.8 Å². The Kier molecular flexibility index (Phi) is 16.1. The van der Waals surface area contributed by atoms with E-state index in [2.05, 4.69) is 34.1 Å². The predicted molar refractivity (Wildman–Crippen MR) is 286 cm³/mol. The van der Waals surface area contributed by atoms with Crippen molar-refractivity contribution in [2.24, 2.45) is 14.1 Å². The van der Waals surface area contributed by atoms with Crippen molar-refractivity contribution in [2.45, 2.75) is 36.7 Å². The lowest BCUT2D eigenvalue weighted by atomic mass is 10.3. The quantitative estimate of drug-likeness (QED) is 0.156. The third-order valence-corrected chi connectivity index (χ3v) is 18.2. The van der Waals surface area contributed by atoms with E-state index in [0.29, 0.717) is 34.3 Å². The molecule has 0 unspecified atom stereocenters. The third kappa shape index (κ3) is 11.2. The zero-order chi connectivity index (χ0) is 51.4. The highest BCUT2D eigenvalue weighted by Gasteiger charge is 2.23. The molecule has 0 aliphatic carbocycles. The van der Waals surface area contributed by atoms with E-state index in [-0.39, 0.29) is 22.8 Å². The van der Waals surface area contributed by atoms with Crippen LogP contribution in [0.5, 0.6) is 0 Å². The van der Waals surface area contributed by atoms with Crippen LogP contribution >= 0.6 is 68.9 Å². The number of hydrogen-bond acceptors (Lipinski definition) is 14. The van der Waals surface area contributed by atoms with Gasteiger partial charge in [-0.2, -0.15) is 9.13 Å². The van der Waals surface area contributed by atoms with E-state index in [0.717, 1.165) is 49.8 Å². The van der Waals surface area contributed by atoms with Gasteiger partial charge < -0.3 is 29.6 Å². The number of thiazole rings is 4. The summed E-state index contributed by atoms with van der Waals surface area (Å²) in [6, 6.07) is 26.2. The van der Waals surface area contributed by atoms with Crippen molar-refractivity contribution in [1.29, 1.82) is 0 Å². The van der Waals surface area contributed by atoms with Crippen molar-refractivity contribution in [3.05, 3.63) is 180 Å². The van der Waals surface area contributed by atoms with Gasteiger partial charge in [0, 0.05) is 49.1 Å². The molecule has 368 valence electrons. The first-order chi connectivity index (χ1) is 34.5. The maximum absolute atomic E-state index is 13.7. The summed E-state index contributed by atoms with van der Waals surface area (Å²) < 4.78 is 40.1. The minimum atomic E-state index is -1.55. The topological polar surface area (TPSA) is 138 Å². The molecule has 20 heteroatoms. The molecule has 0 bridgehead atoms. The Morgan fingerprint density at radius 3 is 1.33 bits per heavy atom. The highest BCUT2D eigenvalue weighted by molar-refractivity contribution is 8.04. The monoisotopic (exact) mass is 1080 g/mol. The standard InChI is InChI=1S/2C24H21FN3OS3.C4H4O4/c2*1-4-28-23(14-22-27(3)17-13-15(25)9-10-19(17)31-22)32-20(24(28)29)11-12-21-26(2)16-7-5-6-8-18(16)30-21;5-3(6)1-2-4(7)8/h2*5-14H,4H2,1-3H3;1-2H,(H,5,6)(H,7,8)/q2*+1;/p-2/b;;2-1-. The molecule has 4 aromatic carbocycles. The van der Waals surface area contributed by atoms with Gasteiger partial charge in [0.2, 0.25) is 11.0 Å². The SMILES string of the molecule is CCn1c(=Cc2sc3ccc(F)cc3[n+]2C)sc(=CC=C2Sc3ccccc3N2C)c1=O.CCn1c(=Cc2sc3ccc(F)cc3[n+]2C)sc(=CC=C2Sc3ccccc3N2C)c1=O.O=C([O-])/C=C\C(=O)[O-]. The van der Waals surface area contributed by atoms with Crippen molar-refractivity contribution >= 4 is 137 Å². The van der Waals surface area contributed by atoms with Gasteiger partial charge in [-0.25, -0.2) is 8.78 Å². The minimum Gasteiger partial charge on any atom is -0.545 e. The van der Waals surface area contributed by atoms with Crippen LogP contribution in [0.15, 0.2) is 139 Å². The number of thioether (sulfide) groups is 2. The summed E-state index contributed by atoms with van der Waals surface area (Å²) in [4.78, 5) is 51.6. The molecule has 2 aliphatic heterocycles. The number of fused-ring (bicyclic) bond motifs is 4. The maximum atomic E-state index is 13.7. The molecule has 72 heavy (non-hydrogen) atoms. The van der Waals surface area contributed by atoms with Gasteiger partial charge in [0.1, 0.15) is 44.5 Å². The number of hydrogen-bond donors (Lipinski definition) is 0. The van der Waals surface area contributed by atoms with Crippen LogP contribution < -0.4 is 58.7 Å². The van der Waals surface area contributed by atoms with Crippen LogP contribution in [0.1, 0.15) is 23.9 Å². The molecule has 0 amide bonds. The first-order valence-corrected chi connectivity index (χ1v) is 27.0. The van der Waals surface area contributed by atoms with E-state index in [1.807, 2.05) is 112 Å². The number of carboxylic acids is 2. The molecular weight excluding hydrogens is 1040 g/mol. The summed E-state index contributed by atoms with van der Waals surface area (Å²) in [5.74, 6) is -3.59. The molecule has 0 atom stereocenters. The number of carbonyl (C=O) groups is 2. The van der Waals surface area contributed by atoms with E-state index in [4.69, 9.17) is 0 Å². The lowest BCUT2D eigenvalue weighted by Gasteiger charge is -2.12. The molecule has 0 saturated carbocycles. The molecule has 4 aromatic heterocycles. The summed E-state index contributed by atoms with van der Waals surface area (Å²) >= 11 is 9.55. The van der Waals surface area contributed by atoms with Gasteiger partial charge in [-0.3, -0.25) is 18.7 Å². The number of aliphatic carboxylic acids is 2. The molecule has 2 aliphatic rings. The zero-order valence-corrected chi connectivity index (χ0v) is 44.4. The number of aryl methyl sites for hydroxylation is 2. The maximum Gasteiger partial charge on any atom is 0.269 e. The summed E-state index contributed by atoms with van der Waals surface area (Å²) in [5.41, 5.74) is 4.08. The normalized spacial score (nSPS) is 15.3. The Balaban J connectivity index is 0.000000168. The van der Waals surface area contributed by atoms with E-state index in [1.54, 1.807) is 79.6 Å². The molecule has 0 fully saturated rings. The van der Waals surface area contributed by atoms with Gasteiger partial charge in [-0.05, 0) is 98.8 Å². The number of carbonyl (C=O) groups excluding carboxylic acids is 2. The van der Waals surface area contributed by atoms with Crippen molar-refractivity contribution < 1.29 is 37.7 Å². The fourth-order valence-electron chi connectivity index (χ4n) is 7.62. The fourth-order valence-corrected chi connectivity index (χ4v) is 14.1. The molecule has 8 aromatic rings. The largest absolute Gasteiger partial charge is 0.545 e. The number of halogens is 2. The Hall–Kier alpha value is -6.68. The van der Waals surface area contributed by atoms with Crippen LogP contribution in [0.25, 0.3) is 44.7 Å². The second-order valence-electron chi connectivity index (χ2n) is 15.8. The number of anilines is 2. The summed E-state index contributed by atoms with van der Waals surface area (Å²) in [6.45, 7) is 5.14. The molecular formula is C52H44F2N6O6S6. The van der Waals surface area contributed by atoms with Crippen molar-refractivity contribution in [1.82, 2.24) is 9.13 Å². The van der Waals surface area contributed by atoms with E-state index in [1.165, 1.54) is 56.0 Å². The highest BCUT2D eigenvalue weighted by atomic mass is 32.2. The molecule has 6 heterocycles. The number of benzene rings is 4. The molecule has 0 saturated heterocycles. The average molecular weight is 1080 g/mol. The first-order valence-electron chi connectivity index (χ1n) is 22.1. The minimum absolute atomic E-state index is 0.0126. The van der Waals surface area contributed by atoms with Crippen LogP contribution in [0.4, 0.5) is 20.2 Å². The van der Waals surface area contributed by atoms with Gasteiger partial charge in [-0.15, -0.1) is 22.7 Å². The number of para-hydroxylation sites is 2. The van der Waals surface area contributed by atoms with E-state index < -0.39 is 11.9 Å².